The molecule has 2 rings (SSSR count). The van der Waals surface area contributed by atoms with Crippen molar-refractivity contribution >= 4 is 45.5 Å². The molecule has 266 valence electrons. The molecule has 1 aromatic carbocycles. The van der Waals surface area contributed by atoms with Gasteiger partial charge in [-0.05, 0) is 70.4 Å². The topological polar surface area (TPSA) is 227 Å². The van der Waals surface area contributed by atoms with Crippen molar-refractivity contribution in [3.05, 3.63) is 43.0 Å². The molecule has 1 aliphatic rings. The summed E-state index contributed by atoms with van der Waals surface area (Å²) in [4.78, 5) is 67.0. The fourth-order valence-corrected chi connectivity index (χ4v) is 6.76. The Morgan fingerprint density at radius 1 is 1.06 bits per heavy atom. The first kappa shape index (κ1) is 39.9. The van der Waals surface area contributed by atoms with Gasteiger partial charge in [0.15, 0.2) is 5.78 Å². The predicted octanol–water partition coefficient (Wildman–Crippen LogP) is 1.87. The van der Waals surface area contributed by atoms with E-state index in [4.69, 9.17) is 10.5 Å². The molecule has 15 nitrogen and oxygen atoms in total. The first-order chi connectivity index (χ1) is 22.9. The maximum absolute atomic E-state index is 13.3. The van der Waals surface area contributed by atoms with Crippen molar-refractivity contribution in [1.29, 1.82) is 0 Å². The van der Waals surface area contributed by atoms with Crippen LogP contribution in [0.4, 0.5) is 4.79 Å². The van der Waals surface area contributed by atoms with E-state index >= 15 is 0 Å². The lowest BCUT2D eigenvalue weighted by Crippen LogP contribution is -2.51. The van der Waals surface area contributed by atoms with Gasteiger partial charge in [-0.3, -0.25) is 19.4 Å². The summed E-state index contributed by atoms with van der Waals surface area (Å²) in [7, 11) is -3.99. The minimum atomic E-state index is -3.99. The molecule has 1 aromatic rings. The number of nitrogens with zero attached hydrogens (tertiary/aromatic N) is 2. The number of sulfonamides is 1. The van der Waals surface area contributed by atoms with Crippen molar-refractivity contribution in [1.82, 2.24) is 20.3 Å². The first-order valence-corrected chi connectivity index (χ1v) is 17.5. The number of aliphatic carboxylic acids is 1. The van der Waals surface area contributed by atoms with Crippen LogP contribution in [0.3, 0.4) is 0 Å². The number of alkyl carbamates (subject to hydrolysis) is 1. The molecule has 6 N–H and O–H groups in total. The largest absolute Gasteiger partial charge is 0.480 e. The van der Waals surface area contributed by atoms with Crippen LogP contribution in [0.5, 0.6) is 0 Å². The lowest BCUT2D eigenvalue weighted by Gasteiger charge is -2.25. The number of Topliss-reactive ketones (excluding diaryl/α,β-unsaturated/α-hetero) is 1. The summed E-state index contributed by atoms with van der Waals surface area (Å²) >= 11 is 0. The zero-order valence-electron chi connectivity index (χ0n) is 27.4. The summed E-state index contributed by atoms with van der Waals surface area (Å²) < 4.78 is 32.3. The highest BCUT2D eigenvalue weighted by Gasteiger charge is 2.40. The third-order valence-electron chi connectivity index (χ3n) is 7.57. The van der Waals surface area contributed by atoms with Gasteiger partial charge < -0.3 is 31.5 Å². The van der Waals surface area contributed by atoms with Gasteiger partial charge in [0.1, 0.15) is 18.7 Å². The predicted molar refractivity (Wildman–Crippen MR) is 179 cm³/mol. The standard InChI is InChI=1S/C32H48N6O9S/c1-3-22-47-32(44)35-20-9-7-14-25(36-29(40)16-8-10-19-34-23(2)33)28(39)18-17-26(31(42)43)37-30(41)27-15-11-21-38(27)48(45,46)24-12-5-4-6-13-24/h3-6,12-13,25-27H,1,7-11,14-22H2,2H3,(H2,33,34)(H,35,44)(H,36,40)(H,37,41)(H,42,43). The number of amides is 3. The number of rotatable bonds is 22. The van der Waals surface area contributed by atoms with E-state index in [0.717, 1.165) is 4.31 Å². The molecule has 0 radical (unpaired) electrons. The molecule has 3 unspecified atom stereocenters. The summed E-state index contributed by atoms with van der Waals surface area (Å²) in [5, 5.41) is 17.6. The van der Waals surface area contributed by atoms with Crippen molar-refractivity contribution in [3.8, 4) is 0 Å². The van der Waals surface area contributed by atoms with E-state index in [0.29, 0.717) is 44.5 Å². The van der Waals surface area contributed by atoms with E-state index in [1.807, 2.05) is 0 Å². The van der Waals surface area contributed by atoms with Crippen molar-refractivity contribution in [3.63, 3.8) is 0 Å². The molecule has 1 saturated heterocycles. The van der Waals surface area contributed by atoms with Crippen LogP contribution in [0.15, 0.2) is 52.9 Å². The maximum atomic E-state index is 13.3. The number of hydrogen-bond acceptors (Lipinski definition) is 9. The van der Waals surface area contributed by atoms with Crippen LogP contribution in [-0.2, 0) is 33.9 Å². The van der Waals surface area contributed by atoms with Crippen LogP contribution < -0.4 is 21.7 Å². The Balaban J connectivity index is 2.00. The van der Waals surface area contributed by atoms with E-state index < -0.39 is 51.9 Å². The molecule has 0 spiro atoms. The Morgan fingerprint density at radius 3 is 2.46 bits per heavy atom. The van der Waals surface area contributed by atoms with Gasteiger partial charge in [-0.2, -0.15) is 4.31 Å². The summed E-state index contributed by atoms with van der Waals surface area (Å²) in [5.41, 5.74) is 5.52. The molecule has 0 aromatic heterocycles. The molecule has 1 heterocycles. The van der Waals surface area contributed by atoms with E-state index in [9.17, 15) is 37.5 Å². The molecule has 3 atom stereocenters. The Bertz CT molecular complexity index is 1380. The maximum Gasteiger partial charge on any atom is 0.407 e. The Hall–Kier alpha value is -4.31. The molecule has 16 heteroatoms. The highest BCUT2D eigenvalue weighted by molar-refractivity contribution is 7.89. The number of carbonyl (C=O) groups excluding carboxylic acids is 4. The van der Waals surface area contributed by atoms with Crippen LogP contribution in [0.25, 0.3) is 0 Å². The fraction of sp³-hybridized carbons (Fsp3) is 0.562. The average molecular weight is 693 g/mol. The number of aliphatic imine (C=N–C) groups is 1. The summed E-state index contributed by atoms with van der Waals surface area (Å²) in [5.74, 6) is -2.46. The highest BCUT2D eigenvalue weighted by Crippen LogP contribution is 2.26. The van der Waals surface area contributed by atoms with Gasteiger partial charge in [0.2, 0.25) is 21.8 Å². The molecule has 3 amide bonds. The summed E-state index contributed by atoms with van der Waals surface area (Å²) in [6.45, 7) is 6.06. The summed E-state index contributed by atoms with van der Waals surface area (Å²) in [6, 6.07) is 4.20. The number of ether oxygens (including phenoxy) is 1. The third kappa shape index (κ3) is 13.8. The lowest BCUT2D eigenvalue weighted by molar-refractivity contribution is -0.142. The monoisotopic (exact) mass is 692 g/mol. The Morgan fingerprint density at radius 2 is 1.79 bits per heavy atom. The van der Waals surface area contributed by atoms with Gasteiger partial charge in [0.05, 0.1) is 16.8 Å². The van der Waals surface area contributed by atoms with Crippen LogP contribution in [0.1, 0.15) is 71.1 Å². The number of benzene rings is 1. The van der Waals surface area contributed by atoms with Crippen LogP contribution in [0.2, 0.25) is 0 Å². The van der Waals surface area contributed by atoms with E-state index in [1.165, 1.54) is 18.2 Å². The Labute approximate surface area is 281 Å². The minimum absolute atomic E-state index is 0.0285. The van der Waals surface area contributed by atoms with Gasteiger partial charge in [0, 0.05) is 32.5 Å². The van der Waals surface area contributed by atoms with Crippen LogP contribution in [0, 0.1) is 0 Å². The van der Waals surface area contributed by atoms with E-state index in [1.54, 1.807) is 25.1 Å². The number of carbonyl (C=O) groups is 5. The van der Waals surface area contributed by atoms with Crippen molar-refractivity contribution < 1.29 is 42.2 Å². The minimum Gasteiger partial charge on any atom is -0.480 e. The lowest BCUT2D eigenvalue weighted by atomic mass is 9.99. The van der Waals surface area contributed by atoms with Crippen LogP contribution in [-0.4, -0.2) is 97.7 Å². The van der Waals surface area contributed by atoms with Gasteiger partial charge in [-0.25, -0.2) is 18.0 Å². The first-order valence-electron chi connectivity index (χ1n) is 16.1. The molecule has 48 heavy (non-hydrogen) atoms. The third-order valence-corrected chi connectivity index (χ3v) is 9.49. The normalized spacial score (nSPS) is 16.4. The van der Waals surface area contributed by atoms with Crippen molar-refractivity contribution in [2.24, 2.45) is 10.7 Å². The smallest absolute Gasteiger partial charge is 0.407 e. The zero-order valence-corrected chi connectivity index (χ0v) is 28.2. The number of hydrogen-bond donors (Lipinski definition) is 5. The number of nitrogens with two attached hydrogens (primary N) is 1. The van der Waals surface area contributed by atoms with Crippen molar-refractivity contribution in [2.45, 2.75) is 94.2 Å². The van der Waals surface area contributed by atoms with Gasteiger partial charge >= 0.3 is 12.1 Å². The quantitative estimate of drug-likeness (QED) is 0.0513. The molecule has 1 aliphatic heterocycles. The molecular formula is C32H48N6O9S. The number of amidine groups is 1. The Kier molecular flexibility index (Phi) is 17.3. The second-order valence-corrected chi connectivity index (χ2v) is 13.3. The highest BCUT2D eigenvalue weighted by atomic mass is 32.2. The van der Waals surface area contributed by atoms with E-state index in [-0.39, 0.29) is 62.6 Å². The zero-order chi connectivity index (χ0) is 35.5. The van der Waals surface area contributed by atoms with Crippen molar-refractivity contribution in [2.75, 3.05) is 26.2 Å². The van der Waals surface area contributed by atoms with Gasteiger partial charge in [0.25, 0.3) is 0 Å². The average Bonchev–Trinajstić information content (AvgIpc) is 3.56. The number of carboxylic acid groups (broad SMARTS) is 1. The number of nitrogens with one attached hydrogen (secondary N) is 3. The number of carboxylic acids is 1. The molecule has 0 bridgehead atoms. The summed E-state index contributed by atoms with van der Waals surface area (Å²) in [6.07, 6.45) is 3.41. The van der Waals surface area contributed by atoms with E-state index in [2.05, 4.69) is 27.5 Å². The number of ketones is 1. The number of unbranched alkanes of at least 4 members (excludes halogenated alkanes) is 2. The molecule has 0 aliphatic carbocycles. The molecule has 1 fully saturated rings. The van der Waals surface area contributed by atoms with Gasteiger partial charge in [-0.1, -0.05) is 30.9 Å². The SMILES string of the molecule is C=CCOC(=O)NCCCCC(NC(=O)CCCCN=C(C)N)C(=O)CCC(NC(=O)C1CCCN1S(=O)(=O)c1ccccc1)C(=O)O. The molecular weight excluding hydrogens is 644 g/mol. The fourth-order valence-electron chi connectivity index (χ4n) is 5.09. The second kappa shape index (κ2) is 20.8. The van der Waals surface area contributed by atoms with Gasteiger partial charge in [-0.15, -0.1) is 0 Å². The molecule has 0 saturated carbocycles. The van der Waals surface area contributed by atoms with Crippen LogP contribution >= 0.6 is 0 Å². The second-order valence-electron chi connectivity index (χ2n) is 11.4.